The third-order valence-electron chi connectivity index (χ3n) is 4.95. The number of thiophene rings is 1. The molecule has 0 amide bonds. The van der Waals surface area contributed by atoms with Crippen LogP contribution in [0.5, 0.6) is 0 Å². The highest BCUT2D eigenvalue weighted by Gasteiger charge is 2.39. The lowest BCUT2D eigenvalue weighted by molar-refractivity contribution is 0.335. The van der Waals surface area contributed by atoms with Gasteiger partial charge in [0.2, 0.25) is 0 Å². The van der Waals surface area contributed by atoms with Crippen LogP contribution in [0.15, 0.2) is 40.0 Å². The lowest BCUT2D eigenvalue weighted by atomic mass is 9.76. The Hall–Kier alpha value is -1.61. The van der Waals surface area contributed by atoms with Crippen LogP contribution < -0.4 is 0 Å². The number of amidine groups is 1. The Morgan fingerprint density at radius 1 is 1.29 bits per heavy atom. The second kappa shape index (κ2) is 4.70. The zero-order valence-electron chi connectivity index (χ0n) is 12.6. The molecule has 0 N–H and O–H groups in total. The number of nitrogens with zero attached hydrogens (tertiary/aromatic N) is 2. The van der Waals surface area contributed by atoms with E-state index in [1.54, 1.807) is 16.9 Å². The van der Waals surface area contributed by atoms with Crippen molar-refractivity contribution in [3.05, 3.63) is 46.2 Å². The van der Waals surface area contributed by atoms with Crippen molar-refractivity contribution in [3.8, 4) is 11.1 Å². The van der Waals surface area contributed by atoms with Gasteiger partial charge in [-0.15, -0.1) is 0 Å². The van der Waals surface area contributed by atoms with E-state index < -0.39 is 0 Å². The summed E-state index contributed by atoms with van der Waals surface area (Å²) in [7, 11) is 2.16. The van der Waals surface area contributed by atoms with Crippen LogP contribution >= 0.6 is 11.3 Å². The fourth-order valence-electron chi connectivity index (χ4n) is 3.83. The molecule has 4 rings (SSSR count). The Morgan fingerprint density at radius 2 is 2.19 bits per heavy atom. The zero-order valence-corrected chi connectivity index (χ0v) is 13.4. The van der Waals surface area contributed by atoms with Gasteiger partial charge in [0, 0.05) is 13.6 Å². The summed E-state index contributed by atoms with van der Waals surface area (Å²) < 4.78 is 0. The maximum Gasteiger partial charge on any atom is 0.0963 e. The fourth-order valence-corrected chi connectivity index (χ4v) is 4.49. The van der Waals surface area contributed by atoms with Gasteiger partial charge in [-0.25, -0.2) is 0 Å². The first-order valence-corrected chi connectivity index (χ1v) is 8.52. The van der Waals surface area contributed by atoms with E-state index >= 15 is 0 Å². The predicted octanol–water partition coefficient (Wildman–Crippen LogP) is 4.01. The average Bonchev–Trinajstić information content (AvgIpc) is 3.08. The van der Waals surface area contributed by atoms with Crippen molar-refractivity contribution in [1.82, 2.24) is 4.90 Å². The monoisotopic (exact) mass is 296 g/mol. The number of rotatable bonds is 1. The van der Waals surface area contributed by atoms with Crippen molar-refractivity contribution in [2.75, 3.05) is 13.6 Å². The van der Waals surface area contributed by atoms with Crippen LogP contribution in [-0.2, 0) is 12.8 Å². The summed E-state index contributed by atoms with van der Waals surface area (Å²) in [5.74, 6) is 1.19. The quantitative estimate of drug-likeness (QED) is 0.776. The number of benzene rings is 1. The van der Waals surface area contributed by atoms with E-state index in [4.69, 9.17) is 4.99 Å². The largest absolute Gasteiger partial charge is 0.361 e. The lowest BCUT2D eigenvalue weighted by Gasteiger charge is -2.33. The Morgan fingerprint density at radius 3 is 2.90 bits per heavy atom. The third kappa shape index (κ3) is 2.11. The van der Waals surface area contributed by atoms with E-state index in [1.807, 2.05) is 0 Å². The van der Waals surface area contributed by atoms with Gasteiger partial charge >= 0.3 is 0 Å². The summed E-state index contributed by atoms with van der Waals surface area (Å²) in [5, 5.41) is 4.42. The van der Waals surface area contributed by atoms with Gasteiger partial charge in [0.05, 0.1) is 11.4 Å². The summed E-state index contributed by atoms with van der Waals surface area (Å²) >= 11 is 1.78. The number of aliphatic imine (C=N–C) groups is 1. The molecule has 0 bridgehead atoms. The standard InChI is InChI=1S/C18H20N2S/c1-13-19-18(12-20(13)2)8-6-17-14(10-18)4-3-5-16(17)15-7-9-21-11-15/h3-5,7,9,11H,6,8,10,12H2,1-2H3/t18-/m1/s1. The van der Waals surface area contributed by atoms with Gasteiger partial charge in [-0.1, -0.05) is 18.2 Å². The van der Waals surface area contributed by atoms with Gasteiger partial charge in [0.25, 0.3) is 0 Å². The molecular formula is C18H20N2S. The van der Waals surface area contributed by atoms with Crippen molar-refractivity contribution in [1.29, 1.82) is 0 Å². The van der Waals surface area contributed by atoms with E-state index in [9.17, 15) is 0 Å². The molecule has 2 aliphatic rings. The molecule has 2 nitrogen and oxygen atoms in total. The molecule has 0 saturated heterocycles. The molecule has 1 aliphatic heterocycles. The van der Waals surface area contributed by atoms with E-state index in [0.29, 0.717) is 0 Å². The van der Waals surface area contributed by atoms with Gasteiger partial charge in [0.15, 0.2) is 0 Å². The van der Waals surface area contributed by atoms with Crippen molar-refractivity contribution in [2.24, 2.45) is 4.99 Å². The summed E-state index contributed by atoms with van der Waals surface area (Å²) in [6, 6.07) is 9.01. The summed E-state index contributed by atoms with van der Waals surface area (Å²) in [6.07, 6.45) is 3.40. The van der Waals surface area contributed by atoms with Crippen LogP contribution in [0.4, 0.5) is 0 Å². The second-order valence-electron chi connectivity index (χ2n) is 6.37. The molecule has 3 heteroatoms. The molecule has 0 unspecified atom stereocenters. The number of fused-ring (bicyclic) bond motifs is 1. The highest BCUT2D eigenvalue weighted by molar-refractivity contribution is 7.08. The Labute approximate surface area is 130 Å². The van der Waals surface area contributed by atoms with Crippen LogP contribution in [0.2, 0.25) is 0 Å². The molecule has 1 aromatic heterocycles. The molecule has 1 spiro atoms. The van der Waals surface area contributed by atoms with Crippen molar-refractivity contribution < 1.29 is 0 Å². The minimum atomic E-state index is 0.124. The average molecular weight is 296 g/mol. The first-order valence-electron chi connectivity index (χ1n) is 7.58. The molecule has 0 radical (unpaired) electrons. The molecule has 1 aliphatic carbocycles. The minimum Gasteiger partial charge on any atom is -0.361 e. The normalized spacial score (nSPS) is 24.3. The van der Waals surface area contributed by atoms with Gasteiger partial charge in [-0.3, -0.25) is 4.99 Å². The van der Waals surface area contributed by atoms with Crippen molar-refractivity contribution in [2.45, 2.75) is 31.7 Å². The van der Waals surface area contributed by atoms with Crippen LogP contribution in [0.3, 0.4) is 0 Å². The molecule has 2 aromatic rings. The number of likely N-dealkylation sites (N-methyl/N-ethyl adjacent to an activating group) is 1. The number of hydrogen-bond acceptors (Lipinski definition) is 3. The van der Waals surface area contributed by atoms with Crippen molar-refractivity contribution in [3.63, 3.8) is 0 Å². The minimum absolute atomic E-state index is 0.124. The Kier molecular flexibility index (Phi) is 2.93. The van der Waals surface area contributed by atoms with Crippen LogP contribution in [0, 0.1) is 0 Å². The molecular weight excluding hydrogens is 276 g/mol. The molecule has 2 heterocycles. The highest BCUT2D eigenvalue weighted by atomic mass is 32.1. The summed E-state index contributed by atoms with van der Waals surface area (Å²) in [6.45, 7) is 3.20. The van der Waals surface area contributed by atoms with E-state index in [-0.39, 0.29) is 5.54 Å². The van der Waals surface area contributed by atoms with Gasteiger partial charge in [-0.05, 0) is 65.3 Å². The molecule has 0 saturated carbocycles. The van der Waals surface area contributed by atoms with Crippen molar-refractivity contribution >= 4 is 17.2 Å². The maximum atomic E-state index is 5.00. The van der Waals surface area contributed by atoms with Crippen LogP contribution in [0.25, 0.3) is 11.1 Å². The SMILES string of the molecule is CC1=N[C@@]2(CCc3c(cccc3-c3ccsc3)C2)CN1C. The molecule has 108 valence electrons. The van der Waals surface area contributed by atoms with E-state index in [2.05, 4.69) is 53.9 Å². The Balaban J connectivity index is 1.74. The van der Waals surface area contributed by atoms with Crippen LogP contribution in [0.1, 0.15) is 24.5 Å². The van der Waals surface area contributed by atoms with Gasteiger partial charge < -0.3 is 4.90 Å². The summed E-state index contributed by atoms with van der Waals surface area (Å²) in [4.78, 5) is 7.30. The topological polar surface area (TPSA) is 15.6 Å². The second-order valence-corrected chi connectivity index (χ2v) is 7.15. The first kappa shape index (κ1) is 13.1. The number of hydrogen-bond donors (Lipinski definition) is 0. The molecule has 1 aromatic carbocycles. The smallest absolute Gasteiger partial charge is 0.0963 e. The van der Waals surface area contributed by atoms with E-state index in [1.165, 1.54) is 28.9 Å². The predicted molar refractivity (Wildman–Crippen MR) is 90.3 cm³/mol. The zero-order chi connectivity index (χ0) is 14.4. The molecule has 1 atom stereocenters. The summed E-state index contributed by atoms with van der Waals surface area (Å²) in [5.41, 5.74) is 5.96. The molecule has 21 heavy (non-hydrogen) atoms. The Bertz CT molecular complexity index is 702. The fraction of sp³-hybridized carbons (Fsp3) is 0.389. The van der Waals surface area contributed by atoms with Gasteiger partial charge in [-0.2, -0.15) is 11.3 Å². The lowest BCUT2D eigenvalue weighted by Crippen LogP contribution is -2.39. The molecule has 0 fully saturated rings. The van der Waals surface area contributed by atoms with Gasteiger partial charge in [0.1, 0.15) is 0 Å². The third-order valence-corrected chi connectivity index (χ3v) is 5.63. The van der Waals surface area contributed by atoms with E-state index in [0.717, 1.165) is 19.4 Å². The maximum absolute atomic E-state index is 5.00. The first-order chi connectivity index (χ1) is 10.2. The highest BCUT2D eigenvalue weighted by Crippen LogP contribution is 2.39. The van der Waals surface area contributed by atoms with Crippen LogP contribution in [-0.4, -0.2) is 29.9 Å².